The van der Waals surface area contributed by atoms with Crippen molar-refractivity contribution in [3.05, 3.63) is 145 Å². The van der Waals surface area contributed by atoms with Crippen LogP contribution in [0.5, 0.6) is 0 Å². The van der Waals surface area contributed by atoms with Crippen molar-refractivity contribution < 1.29 is 28.9 Å². The fourth-order valence-electron chi connectivity index (χ4n) is 4.18. The minimum absolute atomic E-state index is 0. The van der Waals surface area contributed by atoms with Crippen LogP contribution < -0.4 is 0 Å². The van der Waals surface area contributed by atoms with Gasteiger partial charge in [0.2, 0.25) is 0 Å². The molecule has 5 nitrogen and oxygen atoms in total. The van der Waals surface area contributed by atoms with E-state index in [0.717, 1.165) is 40.5 Å². The Balaban J connectivity index is 0.000000192. The Hall–Kier alpha value is -4.52. The molecule has 0 N–H and O–H groups in total. The van der Waals surface area contributed by atoms with Gasteiger partial charge in [0.05, 0.1) is 11.6 Å². The molecule has 0 radical (unpaired) electrons. The molecule has 43 heavy (non-hydrogen) atoms. The molecule has 6 aromatic rings. The van der Waals surface area contributed by atoms with E-state index in [0.29, 0.717) is 5.69 Å². The summed E-state index contributed by atoms with van der Waals surface area (Å²) in [7, 11) is 3.99. The maximum atomic E-state index is 13.2. The van der Waals surface area contributed by atoms with Crippen molar-refractivity contribution >= 4 is 6.08 Å². The Kier molecular flexibility index (Phi) is 12.0. The average Bonchev–Trinajstić information content (AvgIpc) is 3.62. The first-order chi connectivity index (χ1) is 20.3. The third kappa shape index (κ3) is 8.50. The van der Waals surface area contributed by atoms with Gasteiger partial charge in [-0.2, -0.15) is 5.56 Å². The smallest absolute Gasteiger partial charge is 0.365 e. The molecule has 0 amide bonds. The number of nitrogens with zero attached hydrogens (tertiary/aromatic N) is 5. The van der Waals surface area contributed by atoms with Crippen molar-refractivity contribution in [1.29, 1.82) is 0 Å². The second-order valence-electron chi connectivity index (χ2n) is 9.44. The molecule has 0 aliphatic rings. The van der Waals surface area contributed by atoms with Crippen LogP contribution in [0, 0.1) is 44.2 Å². The molecule has 0 unspecified atom stereocenters. The largest absolute Gasteiger partial charge is 3.00 e. The molecule has 0 saturated heterocycles. The summed E-state index contributed by atoms with van der Waals surface area (Å²) in [5.41, 5.74) is 6.11. The molecule has 0 bridgehead atoms. The maximum Gasteiger partial charge on any atom is 3.00 e. The van der Waals surface area contributed by atoms with Crippen LogP contribution in [0.1, 0.15) is 16.7 Å². The van der Waals surface area contributed by atoms with E-state index in [2.05, 4.69) is 47.0 Å². The fourth-order valence-corrected chi connectivity index (χ4v) is 4.18. The first-order valence-electron chi connectivity index (χ1n) is 13.2. The van der Waals surface area contributed by atoms with Crippen molar-refractivity contribution in [1.82, 2.24) is 24.1 Å². The fraction of sp³-hybridized carbons (Fsp3) is 0.114. The van der Waals surface area contributed by atoms with E-state index < -0.39 is 11.6 Å². The number of hydrogen-bond donors (Lipinski definition) is 0. The van der Waals surface area contributed by atoms with E-state index in [1.54, 1.807) is 30.5 Å². The second kappa shape index (κ2) is 15.6. The van der Waals surface area contributed by atoms with Crippen molar-refractivity contribution in [3.63, 3.8) is 0 Å². The monoisotopic (exact) mass is 751 g/mol. The molecule has 0 aliphatic carbocycles. The standard InChI is InChI=1S/C16H17N4.C11H6F2N.C8H7.Ir/c1-11-9-12(2)14(16-18-6-8-20(16)4)10-13(11)15-17-5-7-19(15)3;12-8-4-5-9(10(13)7-8)11-3-1-2-6-14-11;1-2-8-6-4-3-5-7-8;/h5-9H,1-4H3;1-4,6-7H;1-7H;/q3*-1;+3. The predicted octanol–water partition coefficient (Wildman–Crippen LogP) is 7.86. The average molecular weight is 751 g/mol. The third-order valence-corrected chi connectivity index (χ3v) is 6.33. The predicted molar refractivity (Wildman–Crippen MR) is 163 cm³/mol. The Morgan fingerprint density at radius 1 is 0.744 bits per heavy atom. The van der Waals surface area contributed by atoms with Gasteiger partial charge < -0.3 is 14.1 Å². The number of pyridine rings is 1. The van der Waals surface area contributed by atoms with Crippen molar-refractivity contribution in [2.75, 3.05) is 0 Å². The van der Waals surface area contributed by atoms with E-state index in [9.17, 15) is 8.78 Å². The Bertz CT molecular complexity index is 1700. The zero-order valence-corrected chi connectivity index (χ0v) is 26.6. The van der Waals surface area contributed by atoms with E-state index in [4.69, 9.17) is 6.58 Å². The van der Waals surface area contributed by atoms with Crippen LogP contribution in [-0.2, 0) is 34.2 Å². The zero-order valence-electron chi connectivity index (χ0n) is 24.2. The number of aryl methyl sites for hydroxylation is 4. The number of hydrogen-bond acceptors (Lipinski definition) is 3. The van der Waals surface area contributed by atoms with Crippen molar-refractivity contribution in [2.45, 2.75) is 13.8 Å². The summed E-state index contributed by atoms with van der Waals surface area (Å²) in [4.78, 5) is 12.8. The molecule has 0 atom stereocenters. The van der Waals surface area contributed by atoms with Gasteiger partial charge in [-0.05, 0) is 11.8 Å². The van der Waals surface area contributed by atoms with Crippen LogP contribution in [0.25, 0.3) is 40.1 Å². The molecule has 218 valence electrons. The summed E-state index contributed by atoms with van der Waals surface area (Å²) in [5, 5.41) is 0. The van der Waals surface area contributed by atoms with Gasteiger partial charge >= 0.3 is 20.1 Å². The molecule has 8 heteroatoms. The van der Waals surface area contributed by atoms with Crippen LogP contribution >= 0.6 is 0 Å². The molecule has 3 aromatic carbocycles. The number of imidazole rings is 2. The third-order valence-electron chi connectivity index (χ3n) is 6.33. The van der Waals surface area contributed by atoms with Gasteiger partial charge in [0.25, 0.3) is 0 Å². The van der Waals surface area contributed by atoms with Crippen LogP contribution in [0.15, 0.2) is 97.7 Å². The van der Waals surface area contributed by atoms with Gasteiger partial charge in [-0.1, -0.05) is 66.9 Å². The summed E-state index contributed by atoms with van der Waals surface area (Å²) in [5.74, 6) is 0.571. The molecule has 6 rings (SSSR count). The molecule has 3 aromatic heterocycles. The van der Waals surface area contributed by atoms with Gasteiger partial charge in [-0.15, -0.1) is 47.5 Å². The van der Waals surface area contributed by atoms with E-state index in [-0.39, 0.29) is 25.7 Å². The SMILES string of the molecule is Cc1cc(C)c(-c2nccn2C)[c-]c1-c1nccn1C.Fc1c[c-]c(-c2ccccn2)c(F)c1.[CH-]=Cc1ccccc1.[Ir+3]. The van der Waals surface area contributed by atoms with E-state index in [1.807, 2.05) is 78.3 Å². The van der Waals surface area contributed by atoms with Crippen molar-refractivity contribution in [2.24, 2.45) is 14.1 Å². The summed E-state index contributed by atoms with van der Waals surface area (Å²) in [6, 6.07) is 25.0. The Labute approximate surface area is 265 Å². The number of rotatable bonds is 4. The van der Waals surface area contributed by atoms with Gasteiger partial charge in [0.1, 0.15) is 0 Å². The molecule has 0 fully saturated rings. The normalized spacial score (nSPS) is 10.0. The number of benzene rings is 3. The summed E-state index contributed by atoms with van der Waals surface area (Å²) in [6.45, 7) is 9.41. The molecule has 0 spiro atoms. The Morgan fingerprint density at radius 3 is 1.77 bits per heavy atom. The van der Waals surface area contributed by atoms with E-state index >= 15 is 0 Å². The zero-order chi connectivity index (χ0) is 30.1. The van der Waals surface area contributed by atoms with Crippen molar-refractivity contribution in [3.8, 4) is 34.0 Å². The minimum atomic E-state index is -0.649. The van der Waals surface area contributed by atoms with Gasteiger partial charge in [0, 0.05) is 56.7 Å². The second-order valence-corrected chi connectivity index (χ2v) is 9.44. The van der Waals surface area contributed by atoms with Crippen LogP contribution in [0.3, 0.4) is 0 Å². The van der Waals surface area contributed by atoms with Crippen LogP contribution in [0.2, 0.25) is 0 Å². The van der Waals surface area contributed by atoms with E-state index in [1.165, 1.54) is 11.1 Å². The van der Waals surface area contributed by atoms with Gasteiger partial charge in [0.15, 0.2) is 0 Å². The Morgan fingerprint density at radius 2 is 1.33 bits per heavy atom. The number of aromatic nitrogens is 5. The summed E-state index contributed by atoms with van der Waals surface area (Å²) < 4.78 is 29.8. The first kappa shape index (κ1) is 33.0. The first-order valence-corrected chi connectivity index (χ1v) is 13.2. The molecule has 0 saturated carbocycles. The summed E-state index contributed by atoms with van der Waals surface area (Å²) >= 11 is 0. The van der Waals surface area contributed by atoms with Gasteiger partial charge in [-0.3, -0.25) is 25.3 Å². The van der Waals surface area contributed by atoms with Gasteiger partial charge in [-0.25, -0.2) is 6.08 Å². The van der Waals surface area contributed by atoms with Crippen LogP contribution in [-0.4, -0.2) is 24.1 Å². The quantitative estimate of drug-likeness (QED) is 0.173. The maximum absolute atomic E-state index is 13.2. The van der Waals surface area contributed by atoms with Crippen LogP contribution in [0.4, 0.5) is 8.78 Å². The molecular formula is C35H30F2IrN5. The molecule has 0 aliphatic heterocycles. The number of halogens is 2. The summed E-state index contributed by atoms with van der Waals surface area (Å²) in [6.07, 6.45) is 10.6. The molecular weight excluding hydrogens is 721 g/mol. The molecule has 3 heterocycles. The topological polar surface area (TPSA) is 48.5 Å². The minimum Gasteiger partial charge on any atom is -0.365 e.